The molecule has 6 heteroatoms. The second-order valence-electron chi connectivity index (χ2n) is 5.54. The summed E-state index contributed by atoms with van der Waals surface area (Å²) >= 11 is 3.38. The Bertz CT molecular complexity index is 899. The first-order chi connectivity index (χ1) is 12.2. The fourth-order valence-electron chi connectivity index (χ4n) is 2.60. The summed E-state index contributed by atoms with van der Waals surface area (Å²) in [6, 6.07) is 15.8. The Kier molecular flexibility index (Phi) is 5.50. The largest absolute Gasteiger partial charge is 0.376 e. The van der Waals surface area contributed by atoms with Crippen molar-refractivity contribution in [1.29, 1.82) is 0 Å². The van der Waals surface area contributed by atoms with Crippen LogP contribution in [0, 0.1) is 0 Å². The number of carbonyl (C=O) groups is 1. The van der Waals surface area contributed by atoms with E-state index < -0.39 is 0 Å². The fraction of sp³-hybridized carbons (Fsp3) is 0.158. The van der Waals surface area contributed by atoms with Gasteiger partial charge in [0.25, 0.3) is 5.91 Å². The summed E-state index contributed by atoms with van der Waals surface area (Å²) in [5, 5.41) is 8.25. The highest BCUT2D eigenvalue weighted by molar-refractivity contribution is 9.10. The molecule has 0 aliphatic rings. The molecule has 5 nitrogen and oxygen atoms in total. The summed E-state index contributed by atoms with van der Waals surface area (Å²) in [7, 11) is 0. The van der Waals surface area contributed by atoms with Crippen molar-refractivity contribution in [3.63, 3.8) is 0 Å². The van der Waals surface area contributed by atoms with Crippen LogP contribution < -0.4 is 10.7 Å². The average molecular weight is 399 g/mol. The summed E-state index contributed by atoms with van der Waals surface area (Å²) in [6.45, 7) is 3.15. The number of carbonyl (C=O) groups excluding carboxylic acids is 1. The third kappa shape index (κ3) is 4.28. The highest BCUT2D eigenvalue weighted by Crippen LogP contribution is 2.19. The van der Waals surface area contributed by atoms with Gasteiger partial charge in [0.15, 0.2) is 0 Å². The number of amides is 1. The van der Waals surface area contributed by atoms with Crippen LogP contribution in [0.2, 0.25) is 0 Å². The van der Waals surface area contributed by atoms with Crippen LogP contribution in [0.5, 0.6) is 0 Å². The number of halogens is 1. The number of aryl methyl sites for hydroxylation is 1. The van der Waals surface area contributed by atoms with E-state index in [1.165, 1.54) is 0 Å². The zero-order valence-corrected chi connectivity index (χ0v) is 15.5. The van der Waals surface area contributed by atoms with Crippen molar-refractivity contribution in [2.75, 3.05) is 11.9 Å². The van der Waals surface area contributed by atoms with Gasteiger partial charge in [-0.1, -0.05) is 34.1 Å². The maximum absolute atomic E-state index is 11.9. The van der Waals surface area contributed by atoms with Gasteiger partial charge in [0.1, 0.15) is 0 Å². The number of aromatic nitrogens is 1. The van der Waals surface area contributed by atoms with E-state index in [0.717, 1.165) is 33.2 Å². The predicted molar refractivity (Wildman–Crippen MR) is 106 cm³/mol. The van der Waals surface area contributed by atoms with Crippen LogP contribution >= 0.6 is 15.9 Å². The van der Waals surface area contributed by atoms with Crippen LogP contribution in [-0.2, 0) is 11.3 Å². The monoisotopic (exact) mass is 398 g/mol. The molecule has 2 N–H and O–H groups in total. The molecule has 0 unspecified atom stereocenters. The Morgan fingerprint density at radius 3 is 2.72 bits per heavy atom. The Hall–Kier alpha value is -2.60. The fourth-order valence-corrected chi connectivity index (χ4v) is 2.87. The molecule has 0 bridgehead atoms. The molecule has 0 fully saturated rings. The Morgan fingerprint density at radius 1 is 1.20 bits per heavy atom. The van der Waals surface area contributed by atoms with Gasteiger partial charge in [-0.25, -0.2) is 5.43 Å². The molecule has 2 aromatic carbocycles. The molecule has 0 saturated heterocycles. The first kappa shape index (κ1) is 17.2. The highest BCUT2D eigenvalue weighted by Gasteiger charge is 2.05. The van der Waals surface area contributed by atoms with Gasteiger partial charge < -0.3 is 9.88 Å². The van der Waals surface area contributed by atoms with Gasteiger partial charge in [0.05, 0.1) is 12.8 Å². The van der Waals surface area contributed by atoms with Crippen molar-refractivity contribution in [2.24, 2.45) is 5.10 Å². The number of hydrogen-bond acceptors (Lipinski definition) is 3. The average Bonchev–Trinajstić information content (AvgIpc) is 2.99. The third-order valence-corrected chi connectivity index (χ3v) is 4.38. The van der Waals surface area contributed by atoms with Crippen molar-refractivity contribution in [1.82, 2.24) is 9.99 Å². The summed E-state index contributed by atoms with van der Waals surface area (Å²) in [6.07, 6.45) is 3.73. The molecular weight excluding hydrogens is 380 g/mol. The summed E-state index contributed by atoms with van der Waals surface area (Å²) in [5.41, 5.74) is 5.58. The van der Waals surface area contributed by atoms with Gasteiger partial charge in [0, 0.05) is 39.4 Å². The summed E-state index contributed by atoms with van der Waals surface area (Å²) < 4.78 is 3.16. The number of hydrogen-bond donors (Lipinski definition) is 2. The van der Waals surface area contributed by atoms with E-state index in [4.69, 9.17) is 0 Å². The van der Waals surface area contributed by atoms with E-state index in [1.54, 1.807) is 6.21 Å². The van der Waals surface area contributed by atoms with Crippen LogP contribution in [0.1, 0.15) is 12.5 Å². The molecule has 3 rings (SSSR count). The van der Waals surface area contributed by atoms with Crippen molar-refractivity contribution in [2.45, 2.75) is 13.5 Å². The molecule has 3 aromatic rings. The number of benzene rings is 2. The lowest BCUT2D eigenvalue weighted by molar-refractivity contribution is -0.119. The Labute approximate surface area is 154 Å². The van der Waals surface area contributed by atoms with Crippen molar-refractivity contribution < 1.29 is 4.79 Å². The summed E-state index contributed by atoms with van der Waals surface area (Å²) in [5.74, 6) is -0.196. The minimum absolute atomic E-state index is 0.162. The lowest BCUT2D eigenvalue weighted by Crippen LogP contribution is -2.25. The molecule has 1 amide bonds. The van der Waals surface area contributed by atoms with Gasteiger partial charge in [0.2, 0.25) is 0 Å². The number of hydrazone groups is 1. The number of anilines is 1. The number of para-hydroxylation sites is 1. The molecule has 0 aliphatic heterocycles. The predicted octanol–water partition coefficient (Wildman–Crippen LogP) is 3.99. The molecule has 0 radical (unpaired) electrons. The van der Waals surface area contributed by atoms with Crippen molar-refractivity contribution in [3.05, 3.63) is 64.8 Å². The van der Waals surface area contributed by atoms with Gasteiger partial charge >= 0.3 is 0 Å². The Morgan fingerprint density at radius 2 is 1.96 bits per heavy atom. The van der Waals surface area contributed by atoms with E-state index >= 15 is 0 Å². The van der Waals surface area contributed by atoms with Gasteiger partial charge in [-0.15, -0.1) is 0 Å². The van der Waals surface area contributed by atoms with Gasteiger partial charge in [-0.05, 0) is 37.3 Å². The van der Waals surface area contributed by atoms with E-state index in [1.807, 2.05) is 42.6 Å². The third-order valence-electron chi connectivity index (χ3n) is 3.85. The normalized spacial score (nSPS) is 11.1. The summed E-state index contributed by atoms with van der Waals surface area (Å²) in [4.78, 5) is 11.9. The lowest BCUT2D eigenvalue weighted by Gasteiger charge is -2.04. The first-order valence-corrected chi connectivity index (χ1v) is 8.86. The van der Waals surface area contributed by atoms with Crippen LogP contribution in [0.25, 0.3) is 10.9 Å². The smallest absolute Gasteiger partial charge is 0.259 e. The molecule has 1 aromatic heterocycles. The molecule has 0 atom stereocenters. The van der Waals surface area contributed by atoms with Crippen LogP contribution in [0.4, 0.5) is 5.69 Å². The molecule has 0 aliphatic carbocycles. The number of nitrogens with one attached hydrogen (secondary N) is 2. The maximum atomic E-state index is 11.9. The molecule has 0 saturated carbocycles. The SMILES string of the molecule is CCn1cc(/C=N\NC(=O)CNc2ccc(Br)cc2)c2ccccc21. The van der Waals surface area contributed by atoms with Crippen LogP contribution in [0.15, 0.2) is 64.3 Å². The molecular formula is C19H19BrN4O. The zero-order chi connectivity index (χ0) is 17.6. The topological polar surface area (TPSA) is 58.4 Å². The highest BCUT2D eigenvalue weighted by atomic mass is 79.9. The van der Waals surface area contributed by atoms with E-state index in [-0.39, 0.29) is 12.5 Å². The molecule has 25 heavy (non-hydrogen) atoms. The first-order valence-electron chi connectivity index (χ1n) is 8.06. The maximum Gasteiger partial charge on any atom is 0.259 e. The van der Waals surface area contributed by atoms with Crippen molar-refractivity contribution >= 4 is 44.6 Å². The Balaban J connectivity index is 1.59. The molecule has 0 spiro atoms. The zero-order valence-electron chi connectivity index (χ0n) is 13.9. The van der Waals surface area contributed by atoms with Crippen LogP contribution in [-0.4, -0.2) is 23.2 Å². The molecule has 1 heterocycles. The van der Waals surface area contributed by atoms with Gasteiger partial charge in [-0.3, -0.25) is 4.79 Å². The second kappa shape index (κ2) is 7.98. The van der Waals surface area contributed by atoms with E-state index in [9.17, 15) is 4.79 Å². The standard InChI is InChI=1S/C19H19BrN4O/c1-2-24-13-14(17-5-3-4-6-18(17)24)11-22-23-19(25)12-21-16-9-7-15(20)8-10-16/h3-11,13,21H,2,12H2,1H3,(H,23,25)/b22-11-. The second-order valence-corrected chi connectivity index (χ2v) is 6.46. The van der Waals surface area contributed by atoms with E-state index in [0.29, 0.717) is 0 Å². The number of nitrogens with zero attached hydrogens (tertiary/aromatic N) is 2. The lowest BCUT2D eigenvalue weighted by atomic mass is 10.2. The van der Waals surface area contributed by atoms with Crippen molar-refractivity contribution in [3.8, 4) is 0 Å². The number of rotatable bonds is 6. The minimum atomic E-state index is -0.196. The van der Waals surface area contributed by atoms with E-state index in [2.05, 4.69) is 55.4 Å². The minimum Gasteiger partial charge on any atom is -0.376 e. The quantitative estimate of drug-likeness (QED) is 0.487. The molecule has 128 valence electrons. The number of fused-ring (bicyclic) bond motifs is 1. The van der Waals surface area contributed by atoms with Gasteiger partial charge in [-0.2, -0.15) is 5.10 Å². The van der Waals surface area contributed by atoms with Crippen LogP contribution in [0.3, 0.4) is 0 Å².